The number of likely N-dealkylation sites (tertiary alicyclic amines) is 1. The molecule has 1 fully saturated rings. The minimum absolute atomic E-state index is 0.0692. The first-order valence-electron chi connectivity index (χ1n) is 11.2. The molecular weight excluding hydrogens is 470 g/mol. The van der Waals surface area contributed by atoms with Crippen molar-refractivity contribution in [3.8, 4) is 0 Å². The third kappa shape index (κ3) is 3.95. The average molecular weight is 498 g/mol. The standard InChI is InChI=1S/C24H28BrN5O2/c1-15(2)22-18(25)12-30-13-19(26-24(30)27-22)23(32)29-10-8-20(21(31)14-29)28-9-7-16-5-3-4-6-17(16)11-28/h3-6,12-13,15,20-21,31H,7-11,14H2,1-2H3/t20-,21-/m0/s1. The highest BCUT2D eigenvalue weighted by Crippen LogP contribution is 2.27. The monoisotopic (exact) mass is 497 g/mol. The predicted molar refractivity (Wildman–Crippen MR) is 126 cm³/mol. The molecule has 0 bridgehead atoms. The zero-order chi connectivity index (χ0) is 22.4. The summed E-state index contributed by atoms with van der Waals surface area (Å²) in [4.78, 5) is 26.3. The molecule has 0 aliphatic carbocycles. The van der Waals surface area contributed by atoms with Crippen LogP contribution in [0.2, 0.25) is 0 Å². The molecule has 4 heterocycles. The van der Waals surface area contributed by atoms with Crippen LogP contribution in [-0.4, -0.2) is 67.0 Å². The molecule has 2 aliphatic heterocycles. The third-order valence-electron chi connectivity index (χ3n) is 6.66. The van der Waals surface area contributed by atoms with Gasteiger partial charge in [-0.15, -0.1) is 0 Å². The summed E-state index contributed by atoms with van der Waals surface area (Å²) in [7, 11) is 0. The minimum Gasteiger partial charge on any atom is -0.390 e. The summed E-state index contributed by atoms with van der Waals surface area (Å²) in [5.41, 5.74) is 4.02. The van der Waals surface area contributed by atoms with E-state index in [2.05, 4.69) is 68.9 Å². The lowest BCUT2D eigenvalue weighted by molar-refractivity contribution is -0.0139. The number of hydrogen-bond donors (Lipinski definition) is 1. The Kier molecular flexibility index (Phi) is 5.77. The quantitative estimate of drug-likeness (QED) is 0.601. The van der Waals surface area contributed by atoms with Gasteiger partial charge >= 0.3 is 0 Å². The highest BCUT2D eigenvalue weighted by molar-refractivity contribution is 9.10. The summed E-state index contributed by atoms with van der Waals surface area (Å²) >= 11 is 3.56. The van der Waals surface area contributed by atoms with Gasteiger partial charge < -0.3 is 10.0 Å². The predicted octanol–water partition coefficient (Wildman–Crippen LogP) is 3.25. The topological polar surface area (TPSA) is 74.0 Å². The van der Waals surface area contributed by atoms with Crippen molar-refractivity contribution in [2.24, 2.45) is 0 Å². The fourth-order valence-electron chi connectivity index (χ4n) is 4.91. The number of aliphatic hydroxyl groups excluding tert-OH is 1. The van der Waals surface area contributed by atoms with Gasteiger partial charge in [-0.05, 0) is 45.8 Å². The number of carbonyl (C=O) groups is 1. The van der Waals surface area contributed by atoms with Crippen LogP contribution in [0.25, 0.3) is 5.78 Å². The molecule has 8 heteroatoms. The molecular formula is C24H28BrN5O2. The van der Waals surface area contributed by atoms with Crippen LogP contribution in [0.15, 0.2) is 41.1 Å². The van der Waals surface area contributed by atoms with Crippen LogP contribution in [0, 0.1) is 0 Å². The molecule has 32 heavy (non-hydrogen) atoms. The largest absolute Gasteiger partial charge is 0.390 e. The first-order chi connectivity index (χ1) is 15.4. The van der Waals surface area contributed by atoms with E-state index in [-0.39, 0.29) is 17.9 Å². The molecule has 168 valence electrons. The van der Waals surface area contributed by atoms with Crippen LogP contribution in [0.4, 0.5) is 0 Å². The number of halogens is 1. The summed E-state index contributed by atoms with van der Waals surface area (Å²) in [6, 6.07) is 8.60. The van der Waals surface area contributed by atoms with Crippen LogP contribution in [0.5, 0.6) is 0 Å². The number of rotatable bonds is 3. The van der Waals surface area contributed by atoms with Gasteiger partial charge in [0.25, 0.3) is 5.91 Å². The maximum atomic E-state index is 13.2. The van der Waals surface area contributed by atoms with E-state index in [1.807, 2.05) is 6.20 Å². The van der Waals surface area contributed by atoms with E-state index in [4.69, 9.17) is 0 Å². The smallest absolute Gasteiger partial charge is 0.274 e. The lowest BCUT2D eigenvalue weighted by Gasteiger charge is -2.43. The number of hydrogen-bond acceptors (Lipinski definition) is 5. The van der Waals surface area contributed by atoms with E-state index in [1.54, 1.807) is 15.5 Å². The van der Waals surface area contributed by atoms with E-state index >= 15 is 0 Å². The van der Waals surface area contributed by atoms with Gasteiger partial charge in [0.2, 0.25) is 5.78 Å². The molecule has 3 aromatic rings. The fourth-order valence-corrected chi connectivity index (χ4v) is 5.68. The molecule has 7 nitrogen and oxygen atoms in total. The number of carbonyl (C=O) groups excluding carboxylic acids is 1. The van der Waals surface area contributed by atoms with E-state index < -0.39 is 6.10 Å². The number of imidazole rings is 1. The number of aliphatic hydroxyl groups is 1. The summed E-state index contributed by atoms with van der Waals surface area (Å²) in [6.07, 6.45) is 4.80. The van der Waals surface area contributed by atoms with Crippen molar-refractivity contribution in [2.75, 3.05) is 19.6 Å². The van der Waals surface area contributed by atoms with Gasteiger partial charge in [0.15, 0.2) is 0 Å². The average Bonchev–Trinajstić information content (AvgIpc) is 3.20. The maximum Gasteiger partial charge on any atom is 0.274 e. The molecule has 0 unspecified atom stereocenters. The van der Waals surface area contributed by atoms with Gasteiger partial charge in [0.1, 0.15) is 5.69 Å². The molecule has 1 N–H and O–H groups in total. The van der Waals surface area contributed by atoms with Crippen LogP contribution >= 0.6 is 15.9 Å². The van der Waals surface area contributed by atoms with Crippen LogP contribution in [0.1, 0.15) is 53.5 Å². The molecule has 1 amide bonds. The Hall–Kier alpha value is -2.29. The Morgan fingerprint density at radius 2 is 1.94 bits per heavy atom. The summed E-state index contributed by atoms with van der Waals surface area (Å²) in [5, 5.41) is 10.9. The maximum absolute atomic E-state index is 13.2. The second-order valence-electron chi connectivity index (χ2n) is 9.13. The van der Waals surface area contributed by atoms with E-state index in [9.17, 15) is 9.90 Å². The molecule has 5 rings (SSSR count). The van der Waals surface area contributed by atoms with E-state index in [1.165, 1.54) is 11.1 Å². The number of fused-ring (bicyclic) bond motifs is 2. The van der Waals surface area contributed by atoms with Crippen LogP contribution in [0.3, 0.4) is 0 Å². The Balaban J connectivity index is 1.29. The van der Waals surface area contributed by atoms with Crippen molar-refractivity contribution >= 4 is 27.6 Å². The molecule has 2 atom stereocenters. The van der Waals surface area contributed by atoms with Crippen molar-refractivity contribution < 1.29 is 9.90 Å². The van der Waals surface area contributed by atoms with Crippen molar-refractivity contribution in [1.82, 2.24) is 24.2 Å². The molecule has 0 radical (unpaired) electrons. The lowest BCUT2D eigenvalue weighted by atomic mass is 9.94. The fraction of sp³-hybridized carbons (Fsp3) is 0.458. The minimum atomic E-state index is -0.574. The zero-order valence-electron chi connectivity index (χ0n) is 18.4. The van der Waals surface area contributed by atoms with Gasteiger partial charge in [0, 0.05) is 44.6 Å². The zero-order valence-corrected chi connectivity index (χ0v) is 20.0. The number of amides is 1. The second-order valence-corrected chi connectivity index (χ2v) is 9.98. The molecule has 1 aromatic carbocycles. The first kappa shape index (κ1) is 21.6. The lowest BCUT2D eigenvalue weighted by Crippen LogP contribution is -2.56. The van der Waals surface area contributed by atoms with Crippen molar-refractivity contribution in [3.63, 3.8) is 0 Å². The molecule has 0 spiro atoms. The van der Waals surface area contributed by atoms with Gasteiger partial charge in [-0.3, -0.25) is 14.1 Å². The first-order valence-corrected chi connectivity index (χ1v) is 12.0. The summed E-state index contributed by atoms with van der Waals surface area (Å²) < 4.78 is 2.67. The van der Waals surface area contributed by atoms with Crippen molar-refractivity contribution in [3.05, 3.63) is 63.6 Å². The van der Waals surface area contributed by atoms with Gasteiger partial charge in [-0.2, -0.15) is 0 Å². The summed E-state index contributed by atoms with van der Waals surface area (Å²) in [5.74, 6) is 0.614. The van der Waals surface area contributed by atoms with Crippen molar-refractivity contribution in [2.45, 2.75) is 51.3 Å². The van der Waals surface area contributed by atoms with Gasteiger partial charge in [0.05, 0.1) is 16.3 Å². The Morgan fingerprint density at radius 3 is 2.69 bits per heavy atom. The number of piperidine rings is 1. The number of aromatic nitrogens is 3. The number of benzene rings is 1. The Morgan fingerprint density at radius 1 is 1.16 bits per heavy atom. The van der Waals surface area contributed by atoms with E-state index in [0.717, 1.165) is 36.1 Å². The highest BCUT2D eigenvalue weighted by Gasteiger charge is 2.36. The molecule has 0 saturated carbocycles. The highest BCUT2D eigenvalue weighted by atomic mass is 79.9. The SMILES string of the molecule is CC(C)c1nc2nc(C(=O)N3CC[C@H](N4CCc5ccccc5C4)[C@@H](O)C3)cn2cc1Br. The Labute approximate surface area is 196 Å². The molecule has 2 aliphatic rings. The molecule has 1 saturated heterocycles. The Bertz CT molecular complexity index is 1160. The number of nitrogens with zero attached hydrogens (tertiary/aromatic N) is 5. The van der Waals surface area contributed by atoms with Crippen LogP contribution < -0.4 is 0 Å². The number of β-amino-alcohol motifs (C(OH)–C–C–N with tert-alkyl or cyclic N) is 1. The molecule has 2 aromatic heterocycles. The van der Waals surface area contributed by atoms with Gasteiger partial charge in [-0.1, -0.05) is 38.1 Å². The second kappa shape index (κ2) is 8.57. The van der Waals surface area contributed by atoms with Crippen LogP contribution in [-0.2, 0) is 13.0 Å². The van der Waals surface area contributed by atoms with Gasteiger partial charge in [-0.25, -0.2) is 9.97 Å². The normalized spacial score (nSPS) is 21.8. The van der Waals surface area contributed by atoms with Crippen molar-refractivity contribution in [1.29, 1.82) is 0 Å². The van der Waals surface area contributed by atoms with E-state index in [0.29, 0.717) is 24.6 Å². The summed E-state index contributed by atoms with van der Waals surface area (Å²) in [6.45, 7) is 6.88. The third-order valence-corrected chi connectivity index (χ3v) is 7.27.